The molecule has 2 aromatic rings. The summed E-state index contributed by atoms with van der Waals surface area (Å²) in [6.45, 7) is 0. The van der Waals surface area contributed by atoms with Gasteiger partial charge in [-0.3, -0.25) is 4.79 Å². The normalized spacial score (nSPS) is 9.17. The van der Waals surface area contributed by atoms with E-state index in [-0.39, 0.29) is 18.3 Å². The standard InChI is InChI=1S/C14H13NO2.ClH/c1-17-13-9-7-12(8-10-13)15-14(16)11-5-3-2-4-6-11;/h2-10H,1H3,(H,15,16);1H. The molecule has 0 atom stereocenters. The van der Waals surface area contributed by atoms with Gasteiger partial charge in [0, 0.05) is 11.3 Å². The molecule has 4 heteroatoms. The summed E-state index contributed by atoms with van der Waals surface area (Å²) in [4.78, 5) is 11.8. The topological polar surface area (TPSA) is 38.3 Å². The van der Waals surface area contributed by atoms with Crippen LogP contribution in [0, 0.1) is 0 Å². The number of benzene rings is 2. The Bertz CT molecular complexity index is 497. The van der Waals surface area contributed by atoms with Gasteiger partial charge in [0.1, 0.15) is 5.75 Å². The van der Waals surface area contributed by atoms with Gasteiger partial charge in [-0.05, 0) is 36.4 Å². The van der Waals surface area contributed by atoms with Gasteiger partial charge >= 0.3 is 0 Å². The van der Waals surface area contributed by atoms with Crippen LogP contribution < -0.4 is 10.1 Å². The van der Waals surface area contributed by atoms with Crippen molar-refractivity contribution in [3.63, 3.8) is 0 Å². The summed E-state index contributed by atoms with van der Waals surface area (Å²) in [7, 11) is 1.61. The number of halogens is 1. The number of amides is 1. The predicted octanol–water partition coefficient (Wildman–Crippen LogP) is 3.37. The van der Waals surface area contributed by atoms with Gasteiger partial charge < -0.3 is 10.1 Å². The molecule has 18 heavy (non-hydrogen) atoms. The van der Waals surface area contributed by atoms with E-state index >= 15 is 0 Å². The van der Waals surface area contributed by atoms with Gasteiger partial charge in [-0.2, -0.15) is 0 Å². The number of methoxy groups -OCH3 is 1. The van der Waals surface area contributed by atoms with Crippen molar-refractivity contribution < 1.29 is 9.53 Å². The van der Waals surface area contributed by atoms with Gasteiger partial charge in [-0.15, -0.1) is 12.4 Å². The second-order valence-corrected chi connectivity index (χ2v) is 3.55. The number of hydrogen-bond donors (Lipinski definition) is 1. The Labute approximate surface area is 112 Å². The first-order valence-corrected chi connectivity index (χ1v) is 5.30. The number of ether oxygens (including phenoxy) is 1. The fraction of sp³-hybridized carbons (Fsp3) is 0.0714. The molecule has 0 radical (unpaired) electrons. The molecule has 0 saturated heterocycles. The first-order valence-electron chi connectivity index (χ1n) is 5.30. The van der Waals surface area contributed by atoms with E-state index in [1.165, 1.54) is 0 Å². The molecule has 1 N–H and O–H groups in total. The van der Waals surface area contributed by atoms with Crippen LogP contribution in [0.2, 0.25) is 0 Å². The zero-order chi connectivity index (χ0) is 12.1. The molecule has 3 nitrogen and oxygen atoms in total. The summed E-state index contributed by atoms with van der Waals surface area (Å²) < 4.78 is 5.05. The van der Waals surface area contributed by atoms with Gasteiger partial charge in [0.05, 0.1) is 7.11 Å². The molecule has 94 valence electrons. The first-order chi connectivity index (χ1) is 8.29. The van der Waals surface area contributed by atoms with Crippen LogP contribution in [0.1, 0.15) is 10.4 Å². The lowest BCUT2D eigenvalue weighted by atomic mass is 10.2. The number of hydrogen-bond acceptors (Lipinski definition) is 2. The fourth-order valence-corrected chi connectivity index (χ4v) is 1.47. The summed E-state index contributed by atoms with van der Waals surface area (Å²) in [6.07, 6.45) is 0. The number of anilines is 1. The Hall–Kier alpha value is -2.00. The molecule has 1 amide bonds. The van der Waals surface area contributed by atoms with Crippen LogP contribution >= 0.6 is 12.4 Å². The monoisotopic (exact) mass is 263 g/mol. The molecule has 0 aliphatic rings. The van der Waals surface area contributed by atoms with Crippen LogP contribution in [-0.4, -0.2) is 13.0 Å². The van der Waals surface area contributed by atoms with Crippen molar-refractivity contribution in [3.8, 4) is 5.75 Å². The lowest BCUT2D eigenvalue weighted by molar-refractivity contribution is 0.102. The molecule has 0 fully saturated rings. The van der Waals surface area contributed by atoms with E-state index in [1.807, 2.05) is 18.2 Å². The minimum absolute atomic E-state index is 0. The maximum Gasteiger partial charge on any atom is 0.255 e. The Morgan fingerprint density at radius 1 is 1.00 bits per heavy atom. The van der Waals surface area contributed by atoms with Crippen LogP contribution in [0.25, 0.3) is 0 Å². The molecule has 2 aromatic carbocycles. The van der Waals surface area contributed by atoms with Crippen LogP contribution in [-0.2, 0) is 0 Å². The third-order valence-corrected chi connectivity index (χ3v) is 2.38. The Balaban J connectivity index is 0.00000162. The molecule has 0 unspecified atom stereocenters. The molecular formula is C14H14ClNO2. The Morgan fingerprint density at radius 2 is 1.61 bits per heavy atom. The van der Waals surface area contributed by atoms with E-state index in [9.17, 15) is 4.79 Å². The lowest BCUT2D eigenvalue weighted by Gasteiger charge is -2.06. The van der Waals surface area contributed by atoms with Crippen LogP contribution in [0.4, 0.5) is 5.69 Å². The SMILES string of the molecule is COc1ccc(NC(=O)c2ccccc2)cc1.Cl. The third-order valence-electron chi connectivity index (χ3n) is 2.38. The number of nitrogens with one attached hydrogen (secondary N) is 1. The van der Waals surface area contributed by atoms with Crippen molar-refractivity contribution in [2.45, 2.75) is 0 Å². The predicted molar refractivity (Wildman–Crippen MR) is 74.6 cm³/mol. The van der Waals surface area contributed by atoms with E-state index in [2.05, 4.69) is 5.32 Å². The highest BCUT2D eigenvalue weighted by Crippen LogP contribution is 2.15. The molecule has 0 saturated carbocycles. The van der Waals surface area contributed by atoms with Gasteiger partial charge in [0.25, 0.3) is 5.91 Å². The van der Waals surface area contributed by atoms with E-state index in [4.69, 9.17) is 4.74 Å². The van der Waals surface area contributed by atoms with Gasteiger partial charge in [0.15, 0.2) is 0 Å². The quantitative estimate of drug-likeness (QED) is 0.922. The maximum atomic E-state index is 11.8. The highest BCUT2D eigenvalue weighted by molar-refractivity contribution is 6.04. The van der Waals surface area contributed by atoms with Gasteiger partial charge in [-0.25, -0.2) is 0 Å². The van der Waals surface area contributed by atoms with E-state index in [1.54, 1.807) is 43.5 Å². The zero-order valence-electron chi connectivity index (χ0n) is 9.92. The maximum absolute atomic E-state index is 11.8. The molecule has 0 spiro atoms. The number of carbonyl (C=O) groups is 1. The fourth-order valence-electron chi connectivity index (χ4n) is 1.47. The van der Waals surface area contributed by atoms with Crippen LogP contribution in [0.15, 0.2) is 54.6 Å². The Kier molecular flexibility index (Phi) is 5.21. The van der Waals surface area contributed by atoms with Crippen molar-refractivity contribution in [2.24, 2.45) is 0 Å². The third kappa shape index (κ3) is 3.50. The minimum atomic E-state index is -0.115. The van der Waals surface area contributed by atoms with Crippen molar-refractivity contribution in [1.29, 1.82) is 0 Å². The van der Waals surface area contributed by atoms with Crippen molar-refractivity contribution in [3.05, 3.63) is 60.2 Å². The number of carbonyl (C=O) groups excluding carboxylic acids is 1. The highest BCUT2D eigenvalue weighted by Gasteiger charge is 2.04. The molecule has 0 aliphatic carbocycles. The summed E-state index contributed by atoms with van der Waals surface area (Å²) >= 11 is 0. The highest BCUT2D eigenvalue weighted by atomic mass is 35.5. The molecule has 0 aromatic heterocycles. The second kappa shape index (κ2) is 6.67. The molecule has 0 aliphatic heterocycles. The summed E-state index contributed by atoms with van der Waals surface area (Å²) in [5, 5.41) is 2.82. The summed E-state index contributed by atoms with van der Waals surface area (Å²) in [6, 6.07) is 16.3. The van der Waals surface area contributed by atoms with Crippen molar-refractivity contribution in [1.82, 2.24) is 0 Å². The average Bonchev–Trinajstić information content (AvgIpc) is 2.40. The van der Waals surface area contributed by atoms with Crippen LogP contribution in [0.3, 0.4) is 0 Å². The molecule has 0 bridgehead atoms. The summed E-state index contributed by atoms with van der Waals surface area (Å²) in [5.74, 6) is 0.651. The van der Waals surface area contributed by atoms with Crippen molar-refractivity contribution in [2.75, 3.05) is 12.4 Å². The Morgan fingerprint density at radius 3 is 2.17 bits per heavy atom. The zero-order valence-corrected chi connectivity index (χ0v) is 10.7. The van der Waals surface area contributed by atoms with Gasteiger partial charge in [-0.1, -0.05) is 18.2 Å². The van der Waals surface area contributed by atoms with E-state index in [0.29, 0.717) is 5.56 Å². The minimum Gasteiger partial charge on any atom is -0.497 e. The molecular weight excluding hydrogens is 250 g/mol. The summed E-state index contributed by atoms with van der Waals surface area (Å²) in [5.41, 5.74) is 1.39. The van der Waals surface area contributed by atoms with E-state index < -0.39 is 0 Å². The van der Waals surface area contributed by atoms with E-state index in [0.717, 1.165) is 11.4 Å². The molecule has 0 heterocycles. The largest absolute Gasteiger partial charge is 0.497 e. The average molecular weight is 264 g/mol. The van der Waals surface area contributed by atoms with Crippen molar-refractivity contribution >= 4 is 24.0 Å². The van der Waals surface area contributed by atoms with Gasteiger partial charge in [0.2, 0.25) is 0 Å². The molecule has 2 rings (SSSR count). The smallest absolute Gasteiger partial charge is 0.255 e. The number of rotatable bonds is 3. The second-order valence-electron chi connectivity index (χ2n) is 3.55. The lowest BCUT2D eigenvalue weighted by Crippen LogP contribution is -2.11. The van der Waals surface area contributed by atoms with Crippen LogP contribution in [0.5, 0.6) is 5.75 Å². The first kappa shape index (κ1) is 14.1.